The first-order valence-electron chi connectivity index (χ1n) is 9.30. The number of H-pyrrole nitrogens is 1. The molecule has 29 heavy (non-hydrogen) atoms. The molecule has 3 aromatic rings. The molecule has 0 bridgehead atoms. The van der Waals surface area contributed by atoms with Gasteiger partial charge in [0.15, 0.2) is 5.16 Å². The Labute approximate surface area is 173 Å². The number of thioether (sulfide) groups is 1. The van der Waals surface area contributed by atoms with Crippen molar-refractivity contribution in [3.63, 3.8) is 0 Å². The number of hydrogen-bond acceptors (Lipinski definition) is 5. The fraction of sp³-hybridized carbons (Fsp3) is 0.286. The van der Waals surface area contributed by atoms with Crippen LogP contribution in [0.5, 0.6) is 5.75 Å². The highest BCUT2D eigenvalue weighted by molar-refractivity contribution is 7.99. The molecule has 7 nitrogen and oxygen atoms in total. The van der Waals surface area contributed by atoms with Crippen molar-refractivity contribution in [2.45, 2.75) is 19.0 Å². The van der Waals surface area contributed by atoms with E-state index in [0.29, 0.717) is 17.5 Å². The highest BCUT2D eigenvalue weighted by Gasteiger charge is 2.15. The van der Waals surface area contributed by atoms with Gasteiger partial charge < -0.3 is 19.9 Å². The van der Waals surface area contributed by atoms with E-state index in [-0.39, 0.29) is 24.1 Å². The Hall–Kier alpha value is -3.00. The number of anilines is 1. The lowest BCUT2D eigenvalue weighted by Crippen LogP contribution is -2.35. The number of likely N-dealkylation sites (N-methyl/N-ethyl adjacent to an activating group) is 1. The summed E-state index contributed by atoms with van der Waals surface area (Å²) in [6.45, 7) is 4.50. The van der Waals surface area contributed by atoms with E-state index in [4.69, 9.17) is 4.74 Å². The highest BCUT2D eigenvalue weighted by atomic mass is 32.2. The van der Waals surface area contributed by atoms with E-state index in [1.165, 1.54) is 16.7 Å². The Morgan fingerprint density at radius 2 is 1.97 bits per heavy atom. The summed E-state index contributed by atoms with van der Waals surface area (Å²) in [4.78, 5) is 33.6. The summed E-state index contributed by atoms with van der Waals surface area (Å²) in [5, 5.41) is 3.44. The second-order valence-corrected chi connectivity index (χ2v) is 7.57. The van der Waals surface area contributed by atoms with E-state index >= 15 is 0 Å². The van der Waals surface area contributed by atoms with Gasteiger partial charge in [0.2, 0.25) is 11.8 Å². The van der Waals surface area contributed by atoms with Crippen molar-refractivity contribution in [2.75, 3.05) is 31.3 Å². The van der Waals surface area contributed by atoms with Gasteiger partial charge in [-0.15, -0.1) is 0 Å². The number of imidazole rings is 1. The molecular formula is C21H24N4O3S. The van der Waals surface area contributed by atoms with Gasteiger partial charge in [0.05, 0.1) is 29.9 Å². The molecule has 8 heteroatoms. The van der Waals surface area contributed by atoms with Crippen LogP contribution in [0.15, 0.2) is 47.6 Å². The van der Waals surface area contributed by atoms with Gasteiger partial charge in [0.1, 0.15) is 5.75 Å². The van der Waals surface area contributed by atoms with Crippen molar-refractivity contribution in [1.29, 1.82) is 0 Å². The fourth-order valence-corrected chi connectivity index (χ4v) is 3.50. The van der Waals surface area contributed by atoms with E-state index in [2.05, 4.69) is 15.3 Å². The first-order chi connectivity index (χ1) is 13.9. The highest BCUT2D eigenvalue weighted by Crippen LogP contribution is 2.23. The largest absolute Gasteiger partial charge is 0.494 e. The zero-order valence-corrected chi connectivity index (χ0v) is 17.5. The van der Waals surface area contributed by atoms with Crippen LogP contribution in [0, 0.1) is 6.92 Å². The van der Waals surface area contributed by atoms with Gasteiger partial charge in [-0.05, 0) is 38.1 Å². The number of ether oxygens (including phenoxy) is 1. The molecular weight excluding hydrogens is 388 g/mol. The number of aromatic nitrogens is 2. The number of carbonyl (C=O) groups is 2. The second-order valence-electron chi connectivity index (χ2n) is 6.61. The van der Waals surface area contributed by atoms with Gasteiger partial charge in [0.25, 0.3) is 0 Å². The van der Waals surface area contributed by atoms with E-state index in [1.54, 1.807) is 7.05 Å². The summed E-state index contributed by atoms with van der Waals surface area (Å²) in [6, 6.07) is 13.2. The van der Waals surface area contributed by atoms with Gasteiger partial charge >= 0.3 is 0 Å². The van der Waals surface area contributed by atoms with Crippen molar-refractivity contribution < 1.29 is 14.3 Å². The summed E-state index contributed by atoms with van der Waals surface area (Å²) in [5.41, 5.74) is 3.50. The van der Waals surface area contributed by atoms with Crippen molar-refractivity contribution in [3.8, 4) is 5.75 Å². The van der Waals surface area contributed by atoms with E-state index in [9.17, 15) is 9.59 Å². The molecule has 0 fully saturated rings. The number of nitrogens with zero attached hydrogens (tertiary/aromatic N) is 2. The second kappa shape index (κ2) is 9.47. The maximum absolute atomic E-state index is 12.4. The molecule has 2 N–H and O–H groups in total. The molecule has 0 atom stereocenters. The minimum Gasteiger partial charge on any atom is -0.494 e. The number of nitrogens with one attached hydrogen (secondary N) is 2. The summed E-state index contributed by atoms with van der Waals surface area (Å²) in [7, 11) is 1.62. The Kier molecular flexibility index (Phi) is 6.77. The maximum atomic E-state index is 12.4. The number of fused-ring (bicyclic) bond motifs is 1. The fourth-order valence-electron chi connectivity index (χ4n) is 2.67. The quantitative estimate of drug-likeness (QED) is 0.553. The molecule has 1 aromatic heterocycles. The van der Waals surface area contributed by atoms with Gasteiger partial charge in [-0.3, -0.25) is 9.59 Å². The molecule has 0 spiro atoms. The Balaban J connectivity index is 1.51. The number of hydrogen-bond donors (Lipinski definition) is 2. The lowest BCUT2D eigenvalue weighted by atomic mass is 10.2. The van der Waals surface area contributed by atoms with Crippen molar-refractivity contribution in [1.82, 2.24) is 14.9 Å². The van der Waals surface area contributed by atoms with Crippen molar-refractivity contribution >= 4 is 40.3 Å². The average Bonchev–Trinajstić information content (AvgIpc) is 3.10. The van der Waals surface area contributed by atoms with Crippen LogP contribution in [0.3, 0.4) is 0 Å². The van der Waals surface area contributed by atoms with Crippen LogP contribution in [0.4, 0.5) is 5.69 Å². The molecule has 3 rings (SSSR count). The molecule has 0 saturated heterocycles. The third kappa shape index (κ3) is 5.74. The number of aryl methyl sites for hydroxylation is 1. The van der Waals surface area contributed by atoms with Crippen LogP contribution >= 0.6 is 11.8 Å². The Morgan fingerprint density at radius 1 is 1.21 bits per heavy atom. The molecule has 0 aliphatic heterocycles. The van der Waals surface area contributed by atoms with Crippen LogP contribution < -0.4 is 10.1 Å². The summed E-state index contributed by atoms with van der Waals surface area (Å²) >= 11 is 1.30. The molecule has 0 aliphatic carbocycles. The van der Waals surface area contributed by atoms with E-state index in [1.807, 2.05) is 56.3 Å². The summed E-state index contributed by atoms with van der Waals surface area (Å²) in [5.74, 6) is 0.578. The van der Waals surface area contributed by atoms with Crippen LogP contribution in [0.2, 0.25) is 0 Å². The lowest BCUT2D eigenvalue weighted by molar-refractivity contribution is -0.131. The Morgan fingerprint density at radius 3 is 2.69 bits per heavy atom. The number of amides is 2. The van der Waals surface area contributed by atoms with Gasteiger partial charge in [-0.25, -0.2) is 4.98 Å². The lowest BCUT2D eigenvalue weighted by Gasteiger charge is -2.16. The van der Waals surface area contributed by atoms with Crippen LogP contribution in [-0.2, 0) is 9.59 Å². The SMILES string of the molecule is CCOc1ccc2nc(SCC(=O)N(C)CC(=O)Nc3ccc(C)cc3)[nH]c2c1. The number of benzene rings is 2. The monoisotopic (exact) mass is 412 g/mol. The topological polar surface area (TPSA) is 87.3 Å². The first kappa shape index (κ1) is 20.7. The standard InChI is InChI=1S/C21H24N4O3S/c1-4-28-16-9-10-17-18(11-16)24-21(23-17)29-13-20(27)25(3)12-19(26)22-15-7-5-14(2)6-8-15/h5-11H,4,12-13H2,1-3H3,(H,22,26)(H,23,24). The third-order valence-corrected chi connectivity index (χ3v) is 5.07. The van der Waals surface area contributed by atoms with Crippen LogP contribution in [-0.4, -0.2) is 52.6 Å². The summed E-state index contributed by atoms with van der Waals surface area (Å²) < 4.78 is 5.48. The first-order valence-corrected chi connectivity index (χ1v) is 10.3. The summed E-state index contributed by atoms with van der Waals surface area (Å²) in [6.07, 6.45) is 0. The van der Waals surface area contributed by atoms with Gasteiger partial charge in [0, 0.05) is 18.8 Å². The molecule has 152 valence electrons. The normalized spacial score (nSPS) is 10.7. The third-order valence-electron chi connectivity index (χ3n) is 4.22. The predicted molar refractivity (Wildman–Crippen MR) is 115 cm³/mol. The minimum absolute atomic E-state index is 0.00881. The zero-order valence-electron chi connectivity index (χ0n) is 16.7. The number of carbonyl (C=O) groups excluding carboxylic acids is 2. The van der Waals surface area contributed by atoms with E-state index in [0.717, 1.165) is 22.3 Å². The molecule has 0 aliphatic rings. The molecule has 0 unspecified atom stereocenters. The molecule has 0 saturated carbocycles. The van der Waals surface area contributed by atoms with Crippen molar-refractivity contribution in [3.05, 3.63) is 48.0 Å². The van der Waals surface area contributed by atoms with Crippen LogP contribution in [0.25, 0.3) is 11.0 Å². The smallest absolute Gasteiger partial charge is 0.243 e. The zero-order chi connectivity index (χ0) is 20.8. The van der Waals surface area contributed by atoms with Crippen molar-refractivity contribution in [2.24, 2.45) is 0 Å². The number of rotatable bonds is 8. The molecule has 2 aromatic carbocycles. The molecule has 1 heterocycles. The van der Waals surface area contributed by atoms with Gasteiger partial charge in [-0.1, -0.05) is 29.5 Å². The number of aromatic amines is 1. The van der Waals surface area contributed by atoms with Crippen LogP contribution in [0.1, 0.15) is 12.5 Å². The van der Waals surface area contributed by atoms with E-state index < -0.39 is 0 Å². The molecule has 0 radical (unpaired) electrons. The molecule has 2 amide bonds. The average molecular weight is 413 g/mol. The predicted octanol–water partition coefficient (Wildman–Crippen LogP) is 3.46. The maximum Gasteiger partial charge on any atom is 0.243 e. The Bertz CT molecular complexity index is 1000. The minimum atomic E-state index is -0.234. The van der Waals surface area contributed by atoms with Gasteiger partial charge in [-0.2, -0.15) is 0 Å².